The van der Waals surface area contributed by atoms with Gasteiger partial charge in [0.2, 0.25) is 0 Å². The van der Waals surface area contributed by atoms with Crippen LogP contribution < -0.4 is 5.32 Å². The second kappa shape index (κ2) is 5.37. The highest BCUT2D eigenvalue weighted by atomic mass is 19.1. The van der Waals surface area contributed by atoms with Crippen LogP contribution in [-0.4, -0.2) is 19.3 Å². The highest BCUT2D eigenvalue weighted by Crippen LogP contribution is 2.34. The molecule has 2 rings (SSSR count). The van der Waals surface area contributed by atoms with E-state index in [0.29, 0.717) is 5.56 Å². The van der Waals surface area contributed by atoms with Crippen LogP contribution in [0.3, 0.4) is 0 Å². The van der Waals surface area contributed by atoms with E-state index in [-0.39, 0.29) is 17.5 Å². The van der Waals surface area contributed by atoms with E-state index in [1.54, 1.807) is 20.1 Å². The van der Waals surface area contributed by atoms with Gasteiger partial charge in [0.15, 0.2) is 0 Å². The SMILES string of the molecule is COC1(CNC(C)c2ccc(C)c(F)c2)CCC1. The highest BCUT2D eigenvalue weighted by molar-refractivity contribution is 5.25. The summed E-state index contributed by atoms with van der Waals surface area (Å²) in [6, 6.07) is 5.58. The van der Waals surface area contributed by atoms with E-state index in [4.69, 9.17) is 4.74 Å². The van der Waals surface area contributed by atoms with Crippen LogP contribution in [-0.2, 0) is 4.74 Å². The first-order chi connectivity index (χ1) is 8.56. The molecule has 1 atom stereocenters. The number of halogens is 1. The lowest BCUT2D eigenvalue weighted by atomic mass is 9.80. The summed E-state index contributed by atoms with van der Waals surface area (Å²) in [6.07, 6.45) is 3.47. The van der Waals surface area contributed by atoms with E-state index in [0.717, 1.165) is 24.9 Å². The maximum absolute atomic E-state index is 13.5. The summed E-state index contributed by atoms with van der Waals surface area (Å²) in [4.78, 5) is 0. The maximum atomic E-state index is 13.5. The molecule has 1 fully saturated rings. The van der Waals surface area contributed by atoms with Crippen molar-refractivity contribution in [2.24, 2.45) is 0 Å². The van der Waals surface area contributed by atoms with E-state index >= 15 is 0 Å². The topological polar surface area (TPSA) is 21.3 Å². The third-order valence-corrected chi connectivity index (χ3v) is 4.12. The zero-order chi connectivity index (χ0) is 13.2. The lowest BCUT2D eigenvalue weighted by Gasteiger charge is -2.41. The molecule has 0 aromatic heterocycles. The second-order valence-corrected chi connectivity index (χ2v) is 5.35. The predicted octanol–water partition coefficient (Wildman–Crippen LogP) is 3.35. The summed E-state index contributed by atoms with van der Waals surface area (Å²) in [6.45, 7) is 4.68. The van der Waals surface area contributed by atoms with Crippen molar-refractivity contribution in [1.29, 1.82) is 0 Å². The van der Waals surface area contributed by atoms with Crippen molar-refractivity contribution < 1.29 is 9.13 Å². The number of hydrogen-bond acceptors (Lipinski definition) is 2. The molecule has 0 spiro atoms. The second-order valence-electron chi connectivity index (χ2n) is 5.35. The monoisotopic (exact) mass is 251 g/mol. The van der Waals surface area contributed by atoms with Crippen molar-refractivity contribution in [3.8, 4) is 0 Å². The average Bonchev–Trinajstić information content (AvgIpc) is 2.31. The molecular formula is C15H22FNO. The van der Waals surface area contributed by atoms with Gasteiger partial charge in [-0.05, 0) is 50.3 Å². The van der Waals surface area contributed by atoms with Crippen LogP contribution in [0, 0.1) is 12.7 Å². The molecule has 0 radical (unpaired) electrons. The standard InChI is InChI=1S/C15H22FNO/c1-11-5-6-13(9-14(11)16)12(2)17-10-15(18-3)7-4-8-15/h5-6,9,12,17H,4,7-8,10H2,1-3H3. The molecule has 2 nitrogen and oxygen atoms in total. The average molecular weight is 251 g/mol. The molecule has 0 heterocycles. The molecule has 0 aliphatic heterocycles. The van der Waals surface area contributed by atoms with Crippen LogP contribution in [0.15, 0.2) is 18.2 Å². The van der Waals surface area contributed by atoms with Gasteiger partial charge in [-0.1, -0.05) is 12.1 Å². The fraction of sp³-hybridized carbons (Fsp3) is 0.600. The Labute approximate surface area is 109 Å². The summed E-state index contributed by atoms with van der Waals surface area (Å²) in [5.74, 6) is -0.133. The minimum atomic E-state index is -0.133. The normalized spacial score (nSPS) is 19.3. The van der Waals surface area contributed by atoms with Crippen LogP contribution in [0.25, 0.3) is 0 Å². The maximum Gasteiger partial charge on any atom is 0.126 e. The molecule has 1 aliphatic rings. The van der Waals surface area contributed by atoms with Crippen LogP contribution in [0.1, 0.15) is 43.4 Å². The Kier molecular flexibility index (Phi) is 4.03. The van der Waals surface area contributed by atoms with Crippen molar-refractivity contribution >= 4 is 0 Å². The van der Waals surface area contributed by atoms with Crippen LogP contribution >= 0.6 is 0 Å². The van der Waals surface area contributed by atoms with E-state index in [1.807, 2.05) is 12.1 Å². The molecule has 0 saturated heterocycles. The smallest absolute Gasteiger partial charge is 0.126 e. The van der Waals surface area contributed by atoms with Gasteiger partial charge in [0, 0.05) is 19.7 Å². The van der Waals surface area contributed by atoms with Crippen molar-refractivity contribution in [1.82, 2.24) is 5.32 Å². The Balaban J connectivity index is 1.94. The van der Waals surface area contributed by atoms with E-state index in [9.17, 15) is 4.39 Å². The van der Waals surface area contributed by atoms with Crippen LogP contribution in [0.2, 0.25) is 0 Å². The third-order valence-electron chi connectivity index (χ3n) is 4.12. The Morgan fingerprint density at radius 2 is 2.17 bits per heavy atom. The molecule has 1 N–H and O–H groups in total. The van der Waals surface area contributed by atoms with Crippen molar-refractivity contribution in [3.05, 3.63) is 35.1 Å². The Morgan fingerprint density at radius 1 is 1.44 bits per heavy atom. The molecule has 0 amide bonds. The van der Waals surface area contributed by atoms with Gasteiger partial charge >= 0.3 is 0 Å². The zero-order valence-electron chi connectivity index (χ0n) is 11.4. The quantitative estimate of drug-likeness (QED) is 0.866. The molecule has 1 saturated carbocycles. The molecule has 1 unspecified atom stereocenters. The summed E-state index contributed by atoms with van der Waals surface area (Å²) in [5, 5.41) is 3.45. The van der Waals surface area contributed by atoms with E-state index in [2.05, 4.69) is 12.2 Å². The van der Waals surface area contributed by atoms with Crippen molar-refractivity contribution in [3.63, 3.8) is 0 Å². The number of rotatable bonds is 5. The number of methoxy groups -OCH3 is 1. The minimum Gasteiger partial charge on any atom is -0.377 e. The van der Waals surface area contributed by atoms with Gasteiger partial charge in [-0.25, -0.2) is 4.39 Å². The molecule has 100 valence electrons. The first-order valence-electron chi connectivity index (χ1n) is 6.61. The first-order valence-corrected chi connectivity index (χ1v) is 6.61. The van der Waals surface area contributed by atoms with Gasteiger partial charge in [-0.3, -0.25) is 0 Å². The Morgan fingerprint density at radius 3 is 2.67 bits per heavy atom. The van der Waals surface area contributed by atoms with Gasteiger partial charge in [-0.15, -0.1) is 0 Å². The van der Waals surface area contributed by atoms with Gasteiger partial charge in [-0.2, -0.15) is 0 Å². The zero-order valence-corrected chi connectivity index (χ0v) is 11.4. The minimum absolute atomic E-state index is 0.0114. The third kappa shape index (κ3) is 2.73. The fourth-order valence-corrected chi connectivity index (χ4v) is 2.36. The molecular weight excluding hydrogens is 229 g/mol. The lowest BCUT2D eigenvalue weighted by molar-refractivity contribution is -0.0706. The Hall–Kier alpha value is -0.930. The molecule has 1 aromatic rings. The molecule has 1 aliphatic carbocycles. The number of benzene rings is 1. The van der Waals surface area contributed by atoms with Crippen molar-refractivity contribution in [2.45, 2.75) is 44.8 Å². The lowest BCUT2D eigenvalue weighted by Crippen LogP contribution is -2.48. The van der Waals surface area contributed by atoms with Gasteiger partial charge < -0.3 is 10.1 Å². The molecule has 3 heteroatoms. The highest BCUT2D eigenvalue weighted by Gasteiger charge is 2.36. The Bertz CT molecular complexity index is 409. The molecule has 18 heavy (non-hydrogen) atoms. The summed E-state index contributed by atoms with van der Waals surface area (Å²) in [7, 11) is 1.77. The summed E-state index contributed by atoms with van der Waals surface area (Å²) < 4.78 is 19.1. The first kappa shape index (κ1) is 13.5. The fourth-order valence-electron chi connectivity index (χ4n) is 2.36. The van der Waals surface area contributed by atoms with E-state index in [1.165, 1.54) is 6.42 Å². The summed E-state index contributed by atoms with van der Waals surface area (Å²) in [5.41, 5.74) is 1.69. The van der Waals surface area contributed by atoms with Gasteiger partial charge in [0.05, 0.1) is 5.60 Å². The van der Waals surface area contributed by atoms with Crippen LogP contribution in [0.4, 0.5) is 4.39 Å². The number of ether oxygens (including phenoxy) is 1. The van der Waals surface area contributed by atoms with Gasteiger partial charge in [0.1, 0.15) is 5.82 Å². The largest absolute Gasteiger partial charge is 0.377 e. The number of nitrogens with one attached hydrogen (secondary N) is 1. The number of hydrogen-bond donors (Lipinski definition) is 1. The molecule has 0 bridgehead atoms. The van der Waals surface area contributed by atoms with Gasteiger partial charge in [0.25, 0.3) is 0 Å². The number of aryl methyl sites for hydroxylation is 1. The van der Waals surface area contributed by atoms with Crippen molar-refractivity contribution in [2.75, 3.05) is 13.7 Å². The van der Waals surface area contributed by atoms with Crippen LogP contribution in [0.5, 0.6) is 0 Å². The van der Waals surface area contributed by atoms with E-state index < -0.39 is 0 Å². The summed E-state index contributed by atoms with van der Waals surface area (Å²) >= 11 is 0. The molecule has 1 aromatic carbocycles. The predicted molar refractivity (Wildman–Crippen MR) is 71.1 cm³/mol.